The van der Waals surface area contributed by atoms with Crippen molar-refractivity contribution in [2.24, 2.45) is 22.2 Å². The molecule has 0 unspecified atom stereocenters. The summed E-state index contributed by atoms with van der Waals surface area (Å²) in [5.41, 5.74) is -2.40. The third kappa shape index (κ3) is 9.02. The first-order valence-corrected chi connectivity index (χ1v) is 10.6. The molecular weight excluding hydrogens is 386 g/mol. The van der Waals surface area contributed by atoms with E-state index < -0.39 is 40.3 Å². The van der Waals surface area contributed by atoms with E-state index in [1.807, 2.05) is 13.8 Å². The number of nitrogens with one attached hydrogen (secondary N) is 1. The molecule has 0 heterocycles. The molecular formula is C23H43NO6. The number of hydrogen-bond donors (Lipinski definition) is 3. The van der Waals surface area contributed by atoms with Crippen molar-refractivity contribution in [3.8, 4) is 0 Å². The quantitative estimate of drug-likeness (QED) is 0.401. The topological polar surface area (TPSA) is 113 Å². The fraction of sp³-hybridized carbons (Fsp3) is 0.870. The van der Waals surface area contributed by atoms with Crippen molar-refractivity contribution in [2.75, 3.05) is 6.61 Å². The fourth-order valence-electron chi connectivity index (χ4n) is 3.04. The average molecular weight is 430 g/mol. The maximum Gasteiger partial charge on any atom is 0.328 e. The van der Waals surface area contributed by atoms with Crippen LogP contribution in [0.15, 0.2) is 0 Å². The van der Waals surface area contributed by atoms with Gasteiger partial charge in [-0.15, -0.1) is 0 Å². The van der Waals surface area contributed by atoms with Gasteiger partial charge in [0.15, 0.2) is 6.04 Å². The summed E-state index contributed by atoms with van der Waals surface area (Å²) in [6.07, 6.45) is 1.36. The first-order valence-electron chi connectivity index (χ1n) is 10.6. The van der Waals surface area contributed by atoms with Crippen molar-refractivity contribution in [2.45, 2.75) is 100 Å². The molecule has 176 valence electrons. The Labute approximate surface area is 182 Å². The predicted octanol–water partition coefficient (Wildman–Crippen LogP) is 4.34. The van der Waals surface area contributed by atoms with Crippen LogP contribution in [-0.2, 0) is 19.1 Å². The van der Waals surface area contributed by atoms with Gasteiger partial charge in [-0.05, 0) is 58.3 Å². The Morgan fingerprint density at radius 2 is 1.33 bits per heavy atom. The normalized spacial score (nSPS) is 14.5. The molecule has 0 rings (SSSR count). The molecule has 0 radical (unpaired) electrons. The van der Waals surface area contributed by atoms with E-state index in [4.69, 9.17) is 4.74 Å². The van der Waals surface area contributed by atoms with E-state index in [0.717, 1.165) is 6.42 Å². The lowest BCUT2D eigenvalue weighted by Gasteiger charge is -2.38. The molecule has 0 aromatic rings. The highest BCUT2D eigenvalue weighted by molar-refractivity contribution is 5.87. The van der Waals surface area contributed by atoms with Crippen LogP contribution >= 0.6 is 0 Å². The highest BCUT2D eigenvalue weighted by atomic mass is 16.5. The minimum absolute atomic E-state index is 0.0183. The van der Waals surface area contributed by atoms with Crippen LogP contribution in [0.25, 0.3) is 0 Å². The molecule has 0 aliphatic carbocycles. The van der Waals surface area contributed by atoms with E-state index in [0.29, 0.717) is 18.8 Å². The van der Waals surface area contributed by atoms with Crippen molar-refractivity contribution in [3.05, 3.63) is 0 Å². The van der Waals surface area contributed by atoms with Crippen LogP contribution in [0.2, 0.25) is 0 Å². The molecule has 1 atom stereocenters. The zero-order valence-corrected chi connectivity index (χ0v) is 20.5. The Balaban J connectivity index is 5.06. The summed E-state index contributed by atoms with van der Waals surface area (Å²) in [6.45, 7) is 18.9. The smallest absolute Gasteiger partial charge is 0.328 e. The first kappa shape index (κ1) is 28.4. The highest BCUT2D eigenvalue weighted by Gasteiger charge is 2.37. The maximum absolute atomic E-state index is 12.7. The van der Waals surface area contributed by atoms with Gasteiger partial charge in [-0.1, -0.05) is 41.5 Å². The molecule has 0 aliphatic heterocycles. The fourth-order valence-corrected chi connectivity index (χ4v) is 3.04. The molecule has 3 N–H and O–H groups in total. The van der Waals surface area contributed by atoms with Gasteiger partial charge in [0.25, 0.3) is 0 Å². The van der Waals surface area contributed by atoms with Gasteiger partial charge >= 0.3 is 11.9 Å². The van der Waals surface area contributed by atoms with Gasteiger partial charge in [0.05, 0.1) is 17.6 Å². The van der Waals surface area contributed by atoms with Gasteiger partial charge in [-0.25, -0.2) is 4.79 Å². The minimum atomic E-state index is -1.18. The highest BCUT2D eigenvalue weighted by Crippen LogP contribution is 2.36. The van der Waals surface area contributed by atoms with Crippen LogP contribution in [0.4, 0.5) is 0 Å². The number of aliphatic carboxylic acids is 2. The van der Waals surface area contributed by atoms with Gasteiger partial charge in [0.1, 0.15) is 0 Å². The summed E-state index contributed by atoms with van der Waals surface area (Å²) in [4.78, 5) is 35.7. The summed E-state index contributed by atoms with van der Waals surface area (Å²) >= 11 is 0. The number of carboxylic acid groups (broad SMARTS) is 2. The first-order chi connectivity index (χ1) is 13.2. The Bertz CT molecular complexity index is 619. The summed E-state index contributed by atoms with van der Waals surface area (Å²) in [5, 5.41) is 21.4. The number of carboxylic acids is 2. The molecule has 7 nitrogen and oxygen atoms in total. The molecule has 0 aromatic heterocycles. The average Bonchev–Trinajstić information content (AvgIpc) is 2.55. The Morgan fingerprint density at radius 1 is 0.867 bits per heavy atom. The number of carbonyl (C=O) groups is 3. The Morgan fingerprint density at radius 3 is 1.73 bits per heavy atom. The van der Waals surface area contributed by atoms with Crippen LogP contribution in [0.3, 0.4) is 0 Å². The monoisotopic (exact) mass is 429 g/mol. The second kappa shape index (κ2) is 10.1. The molecule has 30 heavy (non-hydrogen) atoms. The summed E-state index contributed by atoms with van der Waals surface area (Å²) in [6, 6.07) is -1.18. The summed E-state index contributed by atoms with van der Waals surface area (Å²) in [5.74, 6) is -2.09. The number of carbonyl (C=O) groups excluding carboxylic acids is 1. The predicted molar refractivity (Wildman–Crippen MR) is 117 cm³/mol. The maximum atomic E-state index is 12.7. The zero-order valence-electron chi connectivity index (χ0n) is 20.5. The summed E-state index contributed by atoms with van der Waals surface area (Å²) < 4.78 is 5.92. The van der Waals surface area contributed by atoms with Gasteiger partial charge < -0.3 is 20.3 Å². The number of rotatable bonds is 13. The largest absolute Gasteiger partial charge is 0.481 e. The second-order valence-electron chi connectivity index (χ2n) is 11.3. The second-order valence-corrected chi connectivity index (χ2v) is 11.3. The lowest BCUT2D eigenvalue weighted by Crippen LogP contribution is -2.50. The van der Waals surface area contributed by atoms with Crippen molar-refractivity contribution in [1.29, 1.82) is 0 Å². The third-order valence-electron chi connectivity index (χ3n) is 6.26. The summed E-state index contributed by atoms with van der Waals surface area (Å²) in [7, 11) is 0. The molecule has 0 aliphatic rings. The van der Waals surface area contributed by atoms with E-state index in [2.05, 4.69) is 33.0 Å². The van der Waals surface area contributed by atoms with Crippen LogP contribution in [0.1, 0.15) is 88.5 Å². The van der Waals surface area contributed by atoms with Crippen LogP contribution in [0.5, 0.6) is 0 Å². The Kier molecular flexibility index (Phi) is 9.57. The molecule has 1 amide bonds. The van der Waals surface area contributed by atoms with E-state index >= 15 is 0 Å². The van der Waals surface area contributed by atoms with Crippen molar-refractivity contribution < 1.29 is 29.3 Å². The standard InChI is InChI=1S/C23H43NO6/c1-15(2)22(7,8)14-23(9,10)30-13-16(17(25)26)24-18(27)20(3,4)11-12-21(5,6)19(28)29/h15-16H,11-14H2,1-10H3,(H,24,27)(H,25,26)(H,28,29)/t16-/m0/s1. The van der Waals surface area contributed by atoms with Gasteiger partial charge in [0, 0.05) is 5.41 Å². The van der Waals surface area contributed by atoms with E-state index in [-0.39, 0.29) is 12.0 Å². The van der Waals surface area contributed by atoms with E-state index in [9.17, 15) is 24.6 Å². The number of hydrogen-bond acceptors (Lipinski definition) is 4. The lowest BCUT2D eigenvalue weighted by molar-refractivity contribution is -0.149. The van der Waals surface area contributed by atoms with Crippen molar-refractivity contribution in [3.63, 3.8) is 0 Å². The van der Waals surface area contributed by atoms with Gasteiger partial charge in [-0.2, -0.15) is 0 Å². The third-order valence-corrected chi connectivity index (χ3v) is 6.26. The van der Waals surface area contributed by atoms with Crippen molar-refractivity contribution in [1.82, 2.24) is 5.32 Å². The molecule has 7 heteroatoms. The molecule has 0 fully saturated rings. The molecule has 0 bridgehead atoms. The van der Waals surface area contributed by atoms with E-state index in [1.54, 1.807) is 27.7 Å². The number of ether oxygens (including phenoxy) is 1. The van der Waals surface area contributed by atoms with Gasteiger partial charge in [-0.3, -0.25) is 9.59 Å². The van der Waals surface area contributed by atoms with Crippen molar-refractivity contribution >= 4 is 17.8 Å². The Hall–Kier alpha value is -1.63. The molecule has 0 aromatic carbocycles. The van der Waals surface area contributed by atoms with Crippen LogP contribution < -0.4 is 5.32 Å². The van der Waals surface area contributed by atoms with E-state index in [1.165, 1.54) is 0 Å². The van der Waals surface area contributed by atoms with Gasteiger partial charge in [0.2, 0.25) is 5.91 Å². The number of amides is 1. The van der Waals surface area contributed by atoms with Crippen LogP contribution in [0, 0.1) is 22.2 Å². The minimum Gasteiger partial charge on any atom is -0.481 e. The molecule has 0 saturated carbocycles. The zero-order chi connectivity index (χ0) is 24.1. The SMILES string of the molecule is CC(C)C(C)(C)CC(C)(C)OC[C@H](NC(=O)C(C)(C)CCC(C)(C)C(=O)O)C(=O)O. The lowest BCUT2D eigenvalue weighted by atomic mass is 9.73. The van der Waals surface area contributed by atoms with Crippen LogP contribution in [-0.4, -0.2) is 46.3 Å². The molecule has 0 saturated heterocycles. The molecule has 0 spiro atoms.